The summed E-state index contributed by atoms with van der Waals surface area (Å²) in [5, 5.41) is 0. The van der Waals surface area contributed by atoms with Gasteiger partial charge in [0.1, 0.15) is 0 Å². The Hall–Kier alpha value is -1.40. The molecule has 1 saturated heterocycles. The van der Waals surface area contributed by atoms with Gasteiger partial charge in [0, 0.05) is 32.1 Å². The molecule has 1 fully saturated rings. The summed E-state index contributed by atoms with van der Waals surface area (Å²) in [4.78, 5) is 14.2. The maximum Gasteiger partial charge on any atom is 0.243 e. The third kappa shape index (κ3) is 3.15. The van der Waals surface area contributed by atoms with Crippen molar-refractivity contribution in [2.24, 2.45) is 5.92 Å². The van der Waals surface area contributed by atoms with Gasteiger partial charge in [-0.2, -0.15) is 4.31 Å². The van der Waals surface area contributed by atoms with E-state index >= 15 is 0 Å². The molecule has 0 unspecified atom stereocenters. The SMILES string of the molecule is CC(C)C(=O)N1CCN(S(=O)(=O)c2ccc3c(c2)CCC3)CC1. The van der Waals surface area contributed by atoms with Crippen molar-refractivity contribution in [3.63, 3.8) is 0 Å². The molecule has 0 aromatic heterocycles. The Bertz CT molecular complexity index is 705. The van der Waals surface area contributed by atoms with Crippen LogP contribution in [0.5, 0.6) is 0 Å². The maximum absolute atomic E-state index is 12.8. The molecular weight excluding hydrogens is 312 g/mol. The maximum atomic E-state index is 12.8. The molecule has 0 radical (unpaired) electrons. The van der Waals surface area contributed by atoms with Gasteiger partial charge in [0.25, 0.3) is 0 Å². The van der Waals surface area contributed by atoms with Crippen LogP contribution in [0.2, 0.25) is 0 Å². The predicted octanol–water partition coefficient (Wildman–Crippen LogP) is 1.66. The molecule has 1 heterocycles. The molecule has 0 bridgehead atoms. The fourth-order valence-electron chi connectivity index (χ4n) is 3.37. The van der Waals surface area contributed by atoms with Gasteiger partial charge in [-0.1, -0.05) is 19.9 Å². The van der Waals surface area contributed by atoms with Gasteiger partial charge in [-0.15, -0.1) is 0 Å². The highest BCUT2D eigenvalue weighted by Crippen LogP contribution is 2.26. The Morgan fingerprint density at radius 2 is 1.70 bits per heavy atom. The zero-order chi connectivity index (χ0) is 16.6. The highest BCUT2D eigenvalue weighted by atomic mass is 32.2. The van der Waals surface area contributed by atoms with Crippen LogP contribution in [0.3, 0.4) is 0 Å². The first-order valence-electron chi connectivity index (χ1n) is 8.30. The van der Waals surface area contributed by atoms with Crippen LogP contribution in [0.1, 0.15) is 31.4 Å². The lowest BCUT2D eigenvalue weighted by Gasteiger charge is -2.34. The van der Waals surface area contributed by atoms with Crippen LogP contribution in [-0.4, -0.2) is 49.7 Å². The quantitative estimate of drug-likeness (QED) is 0.843. The number of rotatable bonds is 3. The predicted molar refractivity (Wildman–Crippen MR) is 88.6 cm³/mol. The van der Waals surface area contributed by atoms with Crippen LogP contribution in [0, 0.1) is 5.92 Å². The second-order valence-electron chi connectivity index (χ2n) is 6.67. The summed E-state index contributed by atoms with van der Waals surface area (Å²) in [6.45, 7) is 5.43. The lowest BCUT2D eigenvalue weighted by molar-refractivity contribution is -0.135. The monoisotopic (exact) mass is 336 g/mol. The minimum atomic E-state index is -3.46. The van der Waals surface area contributed by atoms with Crippen LogP contribution in [0.4, 0.5) is 0 Å². The first kappa shape index (κ1) is 16.5. The van der Waals surface area contributed by atoms with Crippen LogP contribution in [0.15, 0.2) is 23.1 Å². The van der Waals surface area contributed by atoms with Crippen molar-refractivity contribution in [1.82, 2.24) is 9.21 Å². The standard InChI is InChI=1S/C17H24N2O3S/c1-13(2)17(20)18-8-10-19(11-9-18)23(21,22)16-7-6-14-4-3-5-15(14)12-16/h6-7,12-13H,3-5,8-11H2,1-2H3. The highest BCUT2D eigenvalue weighted by Gasteiger charge is 2.31. The van der Waals surface area contributed by atoms with Gasteiger partial charge in [0.05, 0.1) is 4.90 Å². The van der Waals surface area contributed by atoms with E-state index < -0.39 is 10.0 Å². The average Bonchev–Trinajstić information content (AvgIpc) is 3.01. The Morgan fingerprint density at radius 1 is 1.04 bits per heavy atom. The normalized spacial score (nSPS) is 19.2. The number of benzene rings is 1. The van der Waals surface area contributed by atoms with Crippen LogP contribution in [-0.2, 0) is 27.7 Å². The first-order chi connectivity index (χ1) is 10.9. The van der Waals surface area contributed by atoms with E-state index in [9.17, 15) is 13.2 Å². The van der Waals surface area contributed by atoms with Gasteiger partial charge < -0.3 is 4.90 Å². The van der Waals surface area contributed by atoms with E-state index in [1.54, 1.807) is 11.0 Å². The van der Waals surface area contributed by atoms with E-state index in [1.165, 1.54) is 15.4 Å². The van der Waals surface area contributed by atoms with Gasteiger partial charge in [-0.3, -0.25) is 4.79 Å². The Balaban J connectivity index is 1.73. The first-order valence-corrected chi connectivity index (χ1v) is 9.74. The summed E-state index contributed by atoms with van der Waals surface area (Å²) >= 11 is 0. The van der Waals surface area contributed by atoms with Crippen LogP contribution >= 0.6 is 0 Å². The van der Waals surface area contributed by atoms with E-state index in [0.29, 0.717) is 31.1 Å². The summed E-state index contributed by atoms with van der Waals surface area (Å²) in [7, 11) is -3.46. The number of hydrogen-bond acceptors (Lipinski definition) is 3. The van der Waals surface area contributed by atoms with Crippen LogP contribution < -0.4 is 0 Å². The number of fused-ring (bicyclic) bond motifs is 1. The molecule has 0 spiro atoms. The fourth-order valence-corrected chi connectivity index (χ4v) is 4.85. The number of amides is 1. The number of nitrogens with zero attached hydrogens (tertiary/aromatic N) is 2. The smallest absolute Gasteiger partial charge is 0.243 e. The molecule has 2 aliphatic rings. The van der Waals surface area contributed by atoms with Crippen molar-refractivity contribution in [3.8, 4) is 0 Å². The Kier molecular flexibility index (Phi) is 4.47. The second kappa shape index (κ2) is 6.24. The van der Waals surface area contributed by atoms with Crippen molar-refractivity contribution in [2.45, 2.75) is 38.0 Å². The molecule has 0 saturated carbocycles. The number of hydrogen-bond donors (Lipinski definition) is 0. The summed E-state index contributed by atoms with van der Waals surface area (Å²) in [6, 6.07) is 5.52. The van der Waals surface area contributed by atoms with Crippen molar-refractivity contribution >= 4 is 15.9 Å². The zero-order valence-corrected chi connectivity index (χ0v) is 14.6. The van der Waals surface area contributed by atoms with E-state index in [2.05, 4.69) is 0 Å². The molecule has 1 aliphatic carbocycles. The van der Waals surface area contributed by atoms with E-state index in [4.69, 9.17) is 0 Å². The number of carbonyl (C=O) groups excluding carboxylic acids is 1. The minimum Gasteiger partial charge on any atom is -0.340 e. The molecule has 1 aromatic rings. The lowest BCUT2D eigenvalue weighted by atomic mass is 10.1. The second-order valence-corrected chi connectivity index (χ2v) is 8.61. The average molecular weight is 336 g/mol. The molecule has 5 nitrogen and oxygen atoms in total. The fraction of sp³-hybridized carbons (Fsp3) is 0.588. The van der Waals surface area contributed by atoms with Crippen molar-refractivity contribution in [1.29, 1.82) is 0 Å². The Morgan fingerprint density at radius 3 is 2.35 bits per heavy atom. The number of aryl methyl sites for hydroxylation is 2. The molecule has 1 amide bonds. The third-order valence-electron chi connectivity index (χ3n) is 4.75. The topological polar surface area (TPSA) is 57.7 Å². The molecule has 23 heavy (non-hydrogen) atoms. The summed E-state index contributed by atoms with van der Waals surface area (Å²) in [5.74, 6) is 0.0504. The number of sulfonamides is 1. The van der Waals surface area contributed by atoms with Crippen LogP contribution in [0.25, 0.3) is 0 Å². The number of carbonyl (C=O) groups is 1. The van der Waals surface area contributed by atoms with E-state index in [1.807, 2.05) is 26.0 Å². The zero-order valence-electron chi connectivity index (χ0n) is 13.8. The van der Waals surface area contributed by atoms with Crippen molar-refractivity contribution < 1.29 is 13.2 Å². The van der Waals surface area contributed by atoms with Crippen molar-refractivity contribution in [3.05, 3.63) is 29.3 Å². The van der Waals surface area contributed by atoms with Gasteiger partial charge in [-0.05, 0) is 42.5 Å². The Labute approximate surface area is 138 Å². The van der Waals surface area contributed by atoms with Gasteiger partial charge in [0.2, 0.25) is 15.9 Å². The molecule has 3 rings (SSSR count). The number of piperazine rings is 1. The molecule has 6 heteroatoms. The molecule has 1 aromatic carbocycles. The van der Waals surface area contributed by atoms with Gasteiger partial charge in [0.15, 0.2) is 0 Å². The third-order valence-corrected chi connectivity index (χ3v) is 6.65. The summed E-state index contributed by atoms with van der Waals surface area (Å²) in [5.41, 5.74) is 2.44. The molecular formula is C17H24N2O3S. The molecule has 1 aliphatic heterocycles. The van der Waals surface area contributed by atoms with Gasteiger partial charge >= 0.3 is 0 Å². The van der Waals surface area contributed by atoms with E-state index in [0.717, 1.165) is 19.3 Å². The minimum absolute atomic E-state index is 0.0464. The largest absolute Gasteiger partial charge is 0.340 e. The lowest BCUT2D eigenvalue weighted by Crippen LogP contribution is -2.51. The molecule has 0 N–H and O–H groups in total. The van der Waals surface area contributed by atoms with Gasteiger partial charge in [-0.25, -0.2) is 8.42 Å². The summed E-state index contributed by atoms with van der Waals surface area (Å²) in [6.07, 6.45) is 3.12. The molecule has 0 atom stereocenters. The summed E-state index contributed by atoms with van der Waals surface area (Å²) < 4.78 is 27.1. The van der Waals surface area contributed by atoms with E-state index in [-0.39, 0.29) is 11.8 Å². The highest BCUT2D eigenvalue weighted by molar-refractivity contribution is 7.89. The molecule has 126 valence electrons. The van der Waals surface area contributed by atoms with Crippen molar-refractivity contribution in [2.75, 3.05) is 26.2 Å².